The van der Waals surface area contributed by atoms with Gasteiger partial charge in [0, 0.05) is 11.9 Å². The van der Waals surface area contributed by atoms with Gasteiger partial charge in [-0.2, -0.15) is 5.10 Å². The van der Waals surface area contributed by atoms with Gasteiger partial charge >= 0.3 is 5.97 Å². The fourth-order valence-electron chi connectivity index (χ4n) is 3.47. The first-order valence-electron chi connectivity index (χ1n) is 9.47. The largest absolute Gasteiger partial charge is 0.462 e. The molecule has 1 aliphatic rings. The van der Waals surface area contributed by atoms with Crippen LogP contribution in [0.1, 0.15) is 58.0 Å². The van der Waals surface area contributed by atoms with Crippen LogP contribution >= 0.6 is 35.2 Å². The van der Waals surface area contributed by atoms with Gasteiger partial charge in [0.1, 0.15) is 10.7 Å². The van der Waals surface area contributed by atoms with Crippen LogP contribution in [0.3, 0.4) is 0 Å². The predicted molar refractivity (Wildman–Crippen MR) is 118 cm³/mol. The molecule has 2 N–H and O–H groups in total. The molecule has 1 atom stereocenters. The van der Waals surface area contributed by atoms with E-state index in [2.05, 4.69) is 22.7 Å². The van der Waals surface area contributed by atoms with Gasteiger partial charge in [-0.1, -0.05) is 24.9 Å². The Morgan fingerprint density at radius 3 is 2.83 bits per heavy atom. The molecule has 156 valence electrons. The normalized spacial score (nSPS) is 15.5. The Bertz CT molecular complexity index is 934. The van der Waals surface area contributed by atoms with E-state index in [0.29, 0.717) is 23.1 Å². The highest BCUT2D eigenvalue weighted by Gasteiger charge is 2.29. The van der Waals surface area contributed by atoms with Gasteiger partial charge in [-0.25, -0.2) is 4.79 Å². The highest BCUT2D eigenvalue weighted by Crippen LogP contribution is 2.40. The first kappa shape index (κ1) is 21.7. The SMILES string of the molecule is CCOC(=O)c1c(NC(=S)NC(=O)c2c(Cl)cnn2C)sc2c1CC[C@@H](CC)C2. The number of nitrogens with zero attached hydrogens (tertiary/aromatic N) is 2. The van der Waals surface area contributed by atoms with E-state index >= 15 is 0 Å². The van der Waals surface area contributed by atoms with Gasteiger partial charge in [0.25, 0.3) is 5.91 Å². The summed E-state index contributed by atoms with van der Waals surface area (Å²) in [4.78, 5) is 26.3. The lowest BCUT2D eigenvalue weighted by molar-refractivity contribution is 0.0526. The van der Waals surface area contributed by atoms with E-state index in [4.69, 9.17) is 28.6 Å². The van der Waals surface area contributed by atoms with Gasteiger partial charge in [-0.15, -0.1) is 11.3 Å². The zero-order valence-corrected chi connectivity index (χ0v) is 18.9. The van der Waals surface area contributed by atoms with Crippen molar-refractivity contribution in [2.24, 2.45) is 13.0 Å². The van der Waals surface area contributed by atoms with Crippen LogP contribution in [0.5, 0.6) is 0 Å². The lowest BCUT2D eigenvalue weighted by atomic mass is 9.86. The molecular weight excluding hydrogens is 432 g/mol. The van der Waals surface area contributed by atoms with E-state index in [-0.39, 0.29) is 21.8 Å². The average Bonchev–Trinajstić information content (AvgIpc) is 3.19. The second-order valence-corrected chi connectivity index (χ2v) is 8.74. The molecule has 2 heterocycles. The molecule has 10 heteroatoms. The Balaban J connectivity index is 1.82. The van der Waals surface area contributed by atoms with E-state index in [9.17, 15) is 9.59 Å². The maximum Gasteiger partial charge on any atom is 0.341 e. The van der Waals surface area contributed by atoms with Crippen molar-refractivity contribution in [1.82, 2.24) is 15.1 Å². The Labute approximate surface area is 183 Å². The number of hydrogen-bond donors (Lipinski definition) is 2. The summed E-state index contributed by atoms with van der Waals surface area (Å²) in [6, 6.07) is 0. The minimum Gasteiger partial charge on any atom is -0.462 e. The van der Waals surface area contributed by atoms with Crippen molar-refractivity contribution in [1.29, 1.82) is 0 Å². The lowest BCUT2D eigenvalue weighted by Gasteiger charge is -2.21. The van der Waals surface area contributed by atoms with Crippen molar-refractivity contribution in [2.75, 3.05) is 11.9 Å². The van der Waals surface area contributed by atoms with Crippen molar-refractivity contribution in [3.8, 4) is 0 Å². The highest BCUT2D eigenvalue weighted by atomic mass is 35.5. The standard InChI is InChI=1S/C19H23ClN4O3S2/c1-4-10-6-7-11-13(8-10)29-17(14(11)18(26)27-5-2)23-19(28)22-16(25)15-12(20)9-21-24(15)3/h9-10H,4-8H2,1-3H3,(H2,22,23,25,28)/t10-/m1/s1. The van der Waals surface area contributed by atoms with Gasteiger partial charge in [0.05, 0.1) is 23.4 Å². The number of halogens is 1. The topological polar surface area (TPSA) is 85.2 Å². The van der Waals surface area contributed by atoms with Crippen LogP contribution < -0.4 is 10.6 Å². The first-order valence-corrected chi connectivity index (χ1v) is 11.1. The van der Waals surface area contributed by atoms with Crippen molar-refractivity contribution in [3.63, 3.8) is 0 Å². The average molecular weight is 455 g/mol. The van der Waals surface area contributed by atoms with Crippen LogP contribution in [0, 0.1) is 5.92 Å². The molecule has 0 saturated heterocycles. The third-order valence-corrected chi connectivity index (χ3v) is 6.64. The molecule has 2 aromatic heterocycles. The van der Waals surface area contributed by atoms with E-state index in [1.807, 2.05) is 0 Å². The van der Waals surface area contributed by atoms with E-state index in [1.165, 1.54) is 27.1 Å². The minimum absolute atomic E-state index is 0.0865. The zero-order valence-electron chi connectivity index (χ0n) is 16.5. The van der Waals surface area contributed by atoms with Crippen LogP contribution in [0.25, 0.3) is 0 Å². The third kappa shape index (κ3) is 4.62. The molecule has 2 aromatic rings. The number of amides is 1. The van der Waals surface area contributed by atoms with E-state index in [1.54, 1.807) is 14.0 Å². The summed E-state index contributed by atoms with van der Waals surface area (Å²) >= 11 is 12.8. The summed E-state index contributed by atoms with van der Waals surface area (Å²) in [7, 11) is 1.62. The molecule has 1 aliphatic carbocycles. The molecule has 0 aromatic carbocycles. The number of carbonyl (C=O) groups excluding carboxylic acids is 2. The number of esters is 1. The fourth-order valence-corrected chi connectivity index (χ4v) is 5.34. The monoisotopic (exact) mass is 454 g/mol. The first-order chi connectivity index (χ1) is 13.8. The van der Waals surface area contributed by atoms with Crippen LogP contribution in [0.4, 0.5) is 5.00 Å². The van der Waals surface area contributed by atoms with Gasteiger partial charge in [-0.05, 0) is 49.9 Å². The van der Waals surface area contributed by atoms with E-state index in [0.717, 1.165) is 31.2 Å². The number of nitrogens with one attached hydrogen (secondary N) is 2. The Hall–Kier alpha value is -1.97. The number of anilines is 1. The molecule has 7 nitrogen and oxygen atoms in total. The number of rotatable bonds is 5. The van der Waals surface area contributed by atoms with Crippen molar-refractivity contribution in [2.45, 2.75) is 39.5 Å². The summed E-state index contributed by atoms with van der Waals surface area (Å²) in [6.07, 6.45) is 5.32. The van der Waals surface area contributed by atoms with Crippen molar-refractivity contribution in [3.05, 3.63) is 32.9 Å². The van der Waals surface area contributed by atoms with Crippen LogP contribution in [-0.4, -0.2) is 33.4 Å². The summed E-state index contributed by atoms with van der Waals surface area (Å²) in [5.41, 5.74) is 1.76. The predicted octanol–water partition coefficient (Wildman–Crippen LogP) is 3.95. The number of fused-ring (bicyclic) bond motifs is 1. The van der Waals surface area contributed by atoms with Gasteiger partial charge in [0.15, 0.2) is 5.11 Å². The van der Waals surface area contributed by atoms with Crippen molar-refractivity contribution < 1.29 is 14.3 Å². The summed E-state index contributed by atoms with van der Waals surface area (Å²) in [6.45, 7) is 4.25. The number of carbonyl (C=O) groups is 2. The molecule has 1 amide bonds. The Kier molecular flexibility index (Phi) is 6.92. The molecule has 0 fully saturated rings. The summed E-state index contributed by atoms with van der Waals surface area (Å²) < 4.78 is 6.64. The zero-order chi connectivity index (χ0) is 21.1. The number of aryl methyl sites for hydroxylation is 1. The number of thiophene rings is 1. The van der Waals surface area contributed by atoms with Crippen LogP contribution in [0.2, 0.25) is 5.02 Å². The smallest absolute Gasteiger partial charge is 0.341 e. The molecule has 0 spiro atoms. The third-order valence-electron chi connectivity index (χ3n) is 4.99. The van der Waals surface area contributed by atoms with Gasteiger partial charge in [-0.3, -0.25) is 14.8 Å². The number of aromatic nitrogens is 2. The second-order valence-electron chi connectivity index (χ2n) is 6.82. The second kappa shape index (κ2) is 9.23. The molecule has 29 heavy (non-hydrogen) atoms. The number of ether oxygens (including phenoxy) is 1. The summed E-state index contributed by atoms with van der Waals surface area (Å²) in [5.74, 6) is -0.230. The quantitative estimate of drug-likeness (QED) is 0.525. The highest BCUT2D eigenvalue weighted by molar-refractivity contribution is 7.80. The molecule has 3 rings (SSSR count). The molecule has 0 bridgehead atoms. The minimum atomic E-state index is -0.474. The van der Waals surface area contributed by atoms with Crippen LogP contribution in [0.15, 0.2) is 6.20 Å². The molecule has 0 unspecified atom stereocenters. The van der Waals surface area contributed by atoms with Gasteiger partial charge < -0.3 is 10.1 Å². The number of thiocarbonyl (C=S) groups is 1. The number of hydrogen-bond acceptors (Lipinski definition) is 6. The van der Waals surface area contributed by atoms with Gasteiger partial charge in [0.2, 0.25) is 0 Å². The molecule has 0 aliphatic heterocycles. The lowest BCUT2D eigenvalue weighted by Crippen LogP contribution is -2.35. The molecular formula is C19H23ClN4O3S2. The molecule has 0 radical (unpaired) electrons. The molecule has 0 saturated carbocycles. The maximum absolute atomic E-state index is 12.6. The van der Waals surface area contributed by atoms with Crippen LogP contribution in [-0.2, 0) is 24.6 Å². The summed E-state index contributed by atoms with van der Waals surface area (Å²) in [5, 5.41) is 10.5. The van der Waals surface area contributed by atoms with Crippen molar-refractivity contribution >= 4 is 57.1 Å². The Morgan fingerprint density at radius 2 is 2.21 bits per heavy atom. The maximum atomic E-state index is 12.6. The van der Waals surface area contributed by atoms with E-state index < -0.39 is 5.91 Å². The Morgan fingerprint density at radius 1 is 1.45 bits per heavy atom. The fraction of sp³-hybridized carbons (Fsp3) is 0.474.